The highest BCUT2D eigenvalue weighted by molar-refractivity contribution is 7.82. The fraction of sp³-hybridized carbons (Fsp3) is 0.250. The molecule has 8 heavy (non-hydrogen) atoms. The van der Waals surface area contributed by atoms with Crippen LogP contribution in [0, 0.1) is 12.1 Å². The molecule has 0 spiro atoms. The van der Waals surface area contributed by atoms with Crippen LogP contribution in [0.3, 0.4) is 0 Å². The third kappa shape index (κ3) is 0.809. The molecule has 0 fully saturated rings. The molecular weight excluding hydrogens is 142 g/mol. The summed E-state index contributed by atoms with van der Waals surface area (Å²) in [4.78, 5) is 0. The number of rotatable bonds is 0. The van der Waals surface area contributed by atoms with Gasteiger partial charge >= 0.3 is 4.34 Å². The molecule has 0 aliphatic heterocycles. The van der Waals surface area contributed by atoms with E-state index >= 15 is 0 Å². The highest BCUT2D eigenvalue weighted by atomic mass is 32.2. The molecule has 0 amide bonds. The first-order chi connectivity index (χ1) is 3.72. The van der Waals surface area contributed by atoms with Crippen LogP contribution >= 0.6 is 24.0 Å². The maximum atomic E-state index is 10.6. The molecule has 0 bridgehead atoms. The van der Waals surface area contributed by atoms with Crippen LogP contribution in [-0.4, -0.2) is 0 Å². The normalized spacial score (nSPS) is 9.75. The Hall–Kier alpha value is -0.220. The Kier molecular flexibility index (Phi) is 1.44. The average Bonchev–Trinajstić information content (AvgIpc) is 1.98. The Morgan fingerprint density at radius 2 is 2.50 bits per heavy atom. The number of hydrogen-bond acceptors (Lipinski definition) is 3. The summed E-state index contributed by atoms with van der Waals surface area (Å²) in [5.41, 5.74) is 0.708. The van der Waals surface area contributed by atoms with Gasteiger partial charge in [-0.2, -0.15) is 4.73 Å². The molecule has 0 aliphatic carbocycles. The third-order valence-corrected chi connectivity index (χ3v) is 2.16. The van der Waals surface area contributed by atoms with Gasteiger partial charge in [0.05, 0.1) is 5.38 Å². The van der Waals surface area contributed by atoms with Crippen molar-refractivity contribution in [1.82, 2.24) is 0 Å². The summed E-state index contributed by atoms with van der Waals surface area (Å²) in [5, 5.41) is 12.4. The van der Waals surface area contributed by atoms with Crippen LogP contribution in [0.5, 0.6) is 0 Å². The minimum absolute atomic E-state index is 0.502. The highest BCUT2D eigenvalue weighted by Gasteiger charge is 2.03. The van der Waals surface area contributed by atoms with E-state index in [4.69, 9.17) is 0 Å². The van der Waals surface area contributed by atoms with Crippen LogP contribution in [0.25, 0.3) is 0 Å². The molecule has 0 saturated carbocycles. The number of thiol groups is 1. The van der Waals surface area contributed by atoms with Crippen LogP contribution in [0.15, 0.2) is 9.72 Å². The van der Waals surface area contributed by atoms with E-state index in [1.807, 2.05) is 0 Å². The Morgan fingerprint density at radius 3 is 2.62 bits per heavy atom. The summed E-state index contributed by atoms with van der Waals surface area (Å²) in [6.07, 6.45) is 0. The van der Waals surface area contributed by atoms with E-state index in [0.717, 1.165) is 4.73 Å². The van der Waals surface area contributed by atoms with Crippen molar-refractivity contribution in [2.24, 2.45) is 0 Å². The lowest BCUT2D eigenvalue weighted by Crippen LogP contribution is -2.27. The third-order valence-electron chi connectivity index (χ3n) is 0.829. The van der Waals surface area contributed by atoms with Gasteiger partial charge in [-0.3, -0.25) is 0 Å². The van der Waals surface area contributed by atoms with Crippen LogP contribution in [-0.2, 0) is 0 Å². The molecule has 0 atom stereocenters. The molecule has 44 valence electrons. The van der Waals surface area contributed by atoms with Gasteiger partial charge in [0.15, 0.2) is 0 Å². The fourth-order valence-corrected chi connectivity index (χ4v) is 1.31. The second kappa shape index (κ2) is 1.95. The second-order valence-electron chi connectivity index (χ2n) is 1.45. The van der Waals surface area contributed by atoms with Gasteiger partial charge in [0.2, 0.25) is 5.69 Å². The minimum Gasteiger partial charge on any atom is -0.617 e. The minimum atomic E-state index is 0.502. The van der Waals surface area contributed by atoms with E-state index in [2.05, 4.69) is 12.6 Å². The van der Waals surface area contributed by atoms with Crippen LogP contribution in [0.1, 0.15) is 5.69 Å². The van der Waals surface area contributed by atoms with Gasteiger partial charge in [-0.1, -0.05) is 24.0 Å². The van der Waals surface area contributed by atoms with Crippen molar-refractivity contribution in [3.05, 3.63) is 16.3 Å². The molecule has 4 heteroatoms. The zero-order valence-corrected chi connectivity index (χ0v) is 6.00. The molecule has 0 aromatic carbocycles. The molecule has 1 aromatic rings. The zero-order valence-electron chi connectivity index (χ0n) is 4.29. The van der Waals surface area contributed by atoms with Crippen molar-refractivity contribution < 1.29 is 4.73 Å². The van der Waals surface area contributed by atoms with Crippen LogP contribution in [0.4, 0.5) is 0 Å². The summed E-state index contributed by atoms with van der Waals surface area (Å²) in [7, 11) is 0. The molecule has 0 unspecified atom stereocenters. The predicted octanol–water partition coefficient (Wildman–Crippen LogP) is 0.979. The van der Waals surface area contributed by atoms with Crippen molar-refractivity contribution in [3.8, 4) is 0 Å². The Balaban J connectivity index is 3.19. The molecule has 1 rings (SSSR count). The predicted molar refractivity (Wildman–Crippen MR) is 35.3 cm³/mol. The van der Waals surface area contributed by atoms with Crippen molar-refractivity contribution in [1.29, 1.82) is 0 Å². The first kappa shape index (κ1) is 5.91. The van der Waals surface area contributed by atoms with E-state index in [9.17, 15) is 5.21 Å². The lowest BCUT2D eigenvalue weighted by atomic mass is 10.6. The second-order valence-corrected chi connectivity index (χ2v) is 3.04. The number of thiazole rings is 1. The van der Waals surface area contributed by atoms with Gasteiger partial charge < -0.3 is 5.21 Å². The molecule has 0 aliphatic rings. The van der Waals surface area contributed by atoms with Gasteiger partial charge in [0.1, 0.15) is 0 Å². The molecule has 2 nitrogen and oxygen atoms in total. The van der Waals surface area contributed by atoms with Crippen LogP contribution in [0.2, 0.25) is 0 Å². The number of nitrogens with zero attached hydrogens (tertiary/aromatic N) is 1. The van der Waals surface area contributed by atoms with Crippen molar-refractivity contribution in [3.63, 3.8) is 0 Å². The highest BCUT2D eigenvalue weighted by Crippen LogP contribution is 2.08. The summed E-state index contributed by atoms with van der Waals surface area (Å²) < 4.78 is 1.30. The van der Waals surface area contributed by atoms with E-state index < -0.39 is 0 Å². The van der Waals surface area contributed by atoms with Crippen molar-refractivity contribution in [2.45, 2.75) is 11.3 Å². The standard InChI is InChI=1S/C4H5NOS2/c1-3-2-8-4(7)5(3)6/h2,7H,1H3. The van der Waals surface area contributed by atoms with Crippen molar-refractivity contribution >= 4 is 24.0 Å². The number of hydrogen-bond donors (Lipinski definition) is 1. The monoisotopic (exact) mass is 147 g/mol. The van der Waals surface area contributed by atoms with E-state index in [-0.39, 0.29) is 0 Å². The van der Waals surface area contributed by atoms with E-state index in [1.54, 1.807) is 12.3 Å². The fourth-order valence-electron chi connectivity index (χ4n) is 0.385. The molecule has 0 radical (unpaired) electrons. The molecule has 1 aromatic heterocycles. The topological polar surface area (TPSA) is 26.9 Å². The molecule has 1 heterocycles. The van der Waals surface area contributed by atoms with Gasteiger partial charge in [-0.15, -0.1) is 0 Å². The summed E-state index contributed by atoms with van der Waals surface area (Å²) in [5.74, 6) is 0. The lowest BCUT2D eigenvalue weighted by Gasteiger charge is -1.90. The number of aryl methyl sites for hydroxylation is 1. The lowest BCUT2D eigenvalue weighted by molar-refractivity contribution is -0.644. The van der Waals surface area contributed by atoms with Gasteiger partial charge in [-0.25, -0.2) is 0 Å². The smallest absolute Gasteiger partial charge is 0.305 e. The summed E-state index contributed by atoms with van der Waals surface area (Å²) in [6.45, 7) is 1.75. The van der Waals surface area contributed by atoms with Gasteiger partial charge in [0, 0.05) is 6.92 Å². The van der Waals surface area contributed by atoms with E-state index in [1.165, 1.54) is 11.3 Å². The van der Waals surface area contributed by atoms with Crippen LogP contribution < -0.4 is 4.73 Å². The maximum Gasteiger partial charge on any atom is 0.305 e. The Bertz CT molecular complexity index is 176. The Labute approximate surface area is 56.8 Å². The first-order valence-corrected chi connectivity index (χ1v) is 3.41. The van der Waals surface area contributed by atoms with E-state index in [0.29, 0.717) is 10.0 Å². The molecule has 0 saturated heterocycles. The number of aromatic nitrogens is 1. The largest absolute Gasteiger partial charge is 0.617 e. The quantitative estimate of drug-likeness (QED) is 0.330. The van der Waals surface area contributed by atoms with Crippen molar-refractivity contribution in [2.75, 3.05) is 0 Å². The Morgan fingerprint density at radius 1 is 1.88 bits per heavy atom. The maximum absolute atomic E-state index is 10.6. The molecular formula is C4H5NOS2. The van der Waals surface area contributed by atoms with Gasteiger partial charge in [0.25, 0.3) is 0 Å². The first-order valence-electron chi connectivity index (χ1n) is 2.08. The average molecular weight is 147 g/mol. The summed E-state index contributed by atoms with van der Waals surface area (Å²) >= 11 is 5.23. The molecule has 0 N–H and O–H groups in total. The zero-order chi connectivity index (χ0) is 6.15. The summed E-state index contributed by atoms with van der Waals surface area (Å²) in [6, 6.07) is 0. The van der Waals surface area contributed by atoms with Gasteiger partial charge in [-0.05, 0) is 0 Å². The SMILES string of the molecule is Cc1csc(S)[n+]1[O-].